The fraction of sp³-hybridized carbons (Fsp3) is 0.143. The predicted octanol–water partition coefficient (Wildman–Crippen LogP) is 1.10. The van der Waals surface area contributed by atoms with Crippen molar-refractivity contribution in [3.63, 3.8) is 0 Å². The predicted molar refractivity (Wildman–Crippen MR) is 40.7 cm³/mol. The summed E-state index contributed by atoms with van der Waals surface area (Å²) in [5, 5.41) is 0. The summed E-state index contributed by atoms with van der Waals surface area (Å²) in [5.74, 6) is -2.44. The average Bonchev–Trinajstić information content (AvgIpc) is 1.78. The van der Waals surface area contributed by atoms with Crippen molar-refractivity contribution >= 4 is 10.1 Å². The summed E-state index contributed by atoms with van der Waals surface area (Å²) < 4.78 is 50.2. The molecule has 0 atom stereocenters. The number of rotatable bonds is 2. The Morgan fingerprint density at radius 2 is 2.00 bits per heavy atom. The highest BCUT2D eigenvalue weighted by Gasteiger charge is 2.07. The van der Waals surface area contributed by atoms with Gasteiger partial charge >= 0.3 is 10.1 Å². The molecule has 0 N–H and O–H groups in total. The first kappa shape index (κ1) is 9.91. The Morgan fingerprint density at radius 3 is 2.46 bits per heavy atom. The van der Waals surface area contributed by atoms with Crippen molar-refractivity contribution in [2.24, 2.45) is 0 Å². The second-order valence-electron chi connectivity index (χ2n) is 2.30. The van der Waals surface area contributed by atoms with Crippen LogP contribution in [0.2, 0.25) is 0 Å². The van der Waals surface area contributed by atoms with Gasteiger partial charge in [0.15, 0.2) is 5.75 Å². The molecule has 71 valence electrons. The Balaban J connectivity index is 3.03. The zero-order valence-electron chi connectivity index (χ0n) is 6.54. The van der Waals surface area contributed by atoms with Crippen LogP contribution in [0.1, 0.15) is 0 Å². The van der Waals surface area contributed by atoms with Crippen molar-refractivity contribution in [2.45, 2.75) is 0 Å². The Hall–Kier alpha value is -1.17. The Labute approximate surface area is 74.1 Å². The maximum Gasteiger partial charge on any atom is 0.306 e. The first-order valence-corrected chi connectivity index (χ1v) is 4.96. The molecule has 1 rings (SSSR count). The van der Waals surface area contributed by atoms with Gasteiger partial charge in [0.25, 0.3) is 0 Å². The summed E-state index contributed by atoms with van der Waals surface area (Å²) in [7, 11) is -3.78. The minimum atomic E-state index is -3.78. The molecule has 3 nitrogen and oxygen atoms in total. The third-order valence-corrected chi connectivity index (χ3v) is 1.50. The lowest BCUT2D eigenvalue weighted by Crippen LogP contribution is -2.06. The van der Waals surface area contributed by atoms with Crippen molar-refractivity contribution < 1.29 is 21.4 Å². The molecule has 0 saturated heterocycles. The van der Waals surface area contributed by atoms with Crippen LogP contribution in [0.5, 0.6) is 5.75 Å². The fourth-order valence-corrected chi connectivity index (χ4v) is 1.10. The number of halogens is 2. The molecule has 1 aromatic rings. The van der Waals surface area contributed by atoms with Gasteiger partial charge in [-0.05, 0) is 0 Å². The van der Waals surface area contributed by atoms with Crippen LogP contribution in [0.15, 0.2) is 12.1 Å². The molecule has 13 heavy (non-hydrogen) atoms. The summed E-state index contributed by atoms with van der Waals surface area (Å²) in [4.78, 5) is 0. The highest BCUT2D eigenvalue weighted by molar-refractivity contribution is 7.86. The molecule has 1 radical (unpaired) electrons. The lowest BCUT2D eigenvalue weighted by atomic mass is 10.3. The van der Waals surface area contributed by atoms with Crippen molar-refractivity contribution in [2.75, 3.05) is 6.26 Å². The van der Waals surface area contributed by atoms with Crippen LogP contribution in [0.25, 0.3) is 0 Å². The van der Waals surface area contributed by atoms with Gasteiger partial charge in [-0.25, -0.2) is 8.78 Å². The van der Waals surface area contributed by atoms with Crippen LogP contribution in [-0.4, -0.2) is 14.7 Å². The van der Waals surface area contributed by atoms with E-state index in [0.29, 0.717) is 6.07 Å². The number of hydrogen-bond donors (Lipinski definition) is 0. The standard InChI is InChI=1S/C7H5F2O3S/c1-13(10,11)12-7-3-5(8)2-6(9)4-7/h2-3H,1H3. The number of hydrogen-bond acceptors (Lipinski definition) is 3. The first-order valence-electron chi connectivity index (χ1n) is 3.15. The highest BCUT2D eigenvalue weighted by atomic mass is 32.2. The summed E-state index contributed by atoms with van der Waals surface area (Å²) in [6.07, 6.45) is 0.768. The highest BCUT2D eigenvalue weighted by Crippen LogP contribution is 2.15. The van der Waals surface area contributed by atoms with Gasteiger partial charge in [0.05, 0.1) is 12.3 Å². The zero-order chi connectivity index (χ0) is 10.1. The summed E-state index contributed by atoms with van der Waals surface area (Å²) in [5.41, 5.74) is 0. The lowest BCUT2D eigenvalue weighted by molar-refractivity contribution is 0.484. The van der Waals surface area contributed by atoms with Crippen LogP contribution in [-0.2, 0) is 10.1 Å². The van der Waals surface area contributed by atoms with Crippen molar-refractivity contribution in [3.8, 4) is 5.75 Å². The van der Waals surface area contributed by atoms with Crippen LogP contribution in [0.3, 0.4) is 0 Å². The van der Waals surface area contributed by atoms with Crippen LogP contribution in [0, 0.1) is 17.7 Å². The molecule has 0 unspecified atom stereocenters. The van der Waals surface area contributed by atoms with E-state index < -0.39 is 27.5 Å². The van der Waals surface area contributed by atoms with E-state index in [1.165, 1.54) is 0 Å². The molecule has 0 fully saturated rings. The molecule has 0 aromatic heterocycles. The average molecular weight is 207 g/mol. The van der Waals surface area contributed by atoms with Gasteiger partial charge < -0.3 is 4.18 Å². The van der Waals surface area contributed by atoms with Gasteiger partial charge in [-0.1, -0.05) is 0 Å². The molecule has 0 aliphatic rings. The Kier molecular flexibility index (Phi) is 2.51. The molecular formula is C7H5F2O3S. The summed E-state index contributed by atoms with van der Waals surface area (Å²) in [6.45, 7) is 0. The van der Waals surface area contributed by atoms with Crippen LogP contribution in [0.4, 0.5) is 8.78 Å². The maximum atomic E-state index is 12.5. The van der Waals surface area contributed by atoms with Gasteiger partial charge in [0, 0.05) is 12.1 Å². The third kappa shape index (κ3) is 3.37. The molecule has 0 aliphatic carbocycles. The van der Waals surface area contributed by atoms with E-state index >= 15 is 0 Å². The van der Waals surface area contributed by atoms with E-state index in [4.69, 9.17) is 0 Å². The van der Waals surface area contributed by atoms with E-state index in [2.05, 4.69) is 4.18 Å². The minimum Gasteiger partial charge on any atom is -0.382 e. The molecule has 0 saturated carbocycles. The maximum absolute atomic E-state index is 12.5. The second-order valence-corrected chi connectivity index (χ2v) is 3.87. The van der Waals surface area contributed by atoms with E-state index in [0.717, 1.165) is 12.3 Å². The van der Waals surface area contributed by atoms with Crippen molar-refractivity contribution in [3.05, 3.63) is 29.8 Å². The molecule has 0 heterocycles. The first-order chi connectivity index (χ1) is 5.87. The van der Waals surface area contributed by atoms with E-state index in [9.17, 15) is 17.2 Å². The monoisotopic (exact) mass is 207 g/mol. The quantitative estimate of drug-likeness (QED) is 0.682. The summed E-state index contributed by atoms with van der Waals surface area (Å²) in [6, 6.07) is 3.19. The van der Waals surface area contributed by atoms with Crippen molar-refractivity contribution in [1.82, 2.24) is 0 Å². The van der Waals surface area contributed by atoms with E-state index in [1.807, 2.05) is 6.07 Å². The van der Waals surface area contributed by atoms with Gasteiger partial charge in [0.2, 0.25) is 0 Å². The Morgan fingerprint density at radius 1 is 1.38 bits per heavy atom. The van der Waals surface area contributed by atoms with Gasteiger partial charge in [-0.3, -0.25) is 0 Å². The normalized spacial score (nSPS) is 11.3. The zero-order valence-corrected chi connectivity index (χ0v) is 7.36. The largest absolute Gasteiger partial charge is 0.382 e. The van der Waals surface area contributed by atoms with Gasteiger partial charge in [0.1, 0.15) is 11.6 Å². The topological polar surface area (TPSA) is 43.4 Å². The second kappa shape index (κ2) is 3.29. The summed E-state index contributed by atoms with van der Waals surface area (Å²) >= 11 is 0. The van der Waals surface area contributed by atoms with Crippen LogP contribution >= 0.6 is 0 Å². The SMILES string of the molecule is CS(=O)(=O)Oc1[c]c(F)cc(F)c1. The van der Waals surface area contributed by atoms with Gasteiger partial charge in [-0.15, -0.1) is 0 Å². The molecule has 1 aromatic carbocycles. The molecule has 0 bridgehead atoms. The molecule has 6 heteroatoms. The fourth-order valence-electron chi connectivity index (χ4n) is 0.686. The molecule has 0 amide bonds. The molecule has 0 spiro atoms. The number of benzene rings is 1. The van der Waals surface area contributed by atoms with E-state index in [-0.39, 0.29) is 0 Å². The molecular weight excluding hydrogens is 202 g/mol. The van der Waals surface area contributed by atoms with E-state index in [1.54, 1.807) is 0 Å². The smallest absolute Gasteiger partial charge is 0.306 e. The van der Waals surface area contributed by atoms with Crippen LogP contribution < -0.4 is 4.18 Å². The molecule has 0 aliphatic heterocycles. The lowest BCUT2D eigenvalue weighted by Gasteiger charge is -2.01. The third-order valence-electron chi connectivity index (χ3n) is 1.02. The van der Waals surface area contributed by atoms with Gasteiger partial charge in [-0.2, -0.15) is 8.42 Å². The van der Waals surface area contributed by atoms with Crippen molar-refractivity contribution in [1.29, 1.82) is 0 Å². The Bertz CT molecular complexity index is 393. The minimum absolute atomic E-state index is 0.500.